The van der Waals surface area contributed by atoms with Crippen LogP contribution in [0.1, 0.15) is 35.4 Å². The van der Waals surface area contributed by atoms with E-state index in [-0.39, 0.29) is 6.04 Å². The highest BCUT2D eigenvalue weighted by Crippen LogP contribution is 2.38. The van der Waals surface area contributed by atoms with Gasteiger partial charge >= 0.3 is 0 Å². The molecule has 1 unspecified atom stereocenters. The molecule has 2 rings (SSSR count). The lowest BCUT2D eigenvalue weighted by molar-refractivity contribution is 0.410. The van der Waals surface area contributed by atoms with Gasteiger partial charge in [0.1, 0.15) is 10.1 Å². The Hall–Kier alpha value is -0.550. The smallest absolute Gasteiger partial charge is 0.122 e. The van der Waals surface area contributed by atoms with Crippen molar-refractivity contribution in [3.63, 3.8) is 0 Å². The molecule has 21 heavy (non-hydrogen) atoms. The fourth-order valence-electron chi connectivity index (χ4n) is 2.19. The van der Waals surface area contributed by atoms with Crippen LogP contribution in [0.4, 0.5) is 0 Å². The Morgan fingerprint density at radius 3 is 2.71 bits per heavy atom. The van der Waals surface area contributed by atoms with Crippen LogP contribution >= 0.6 is 38.9 Å². The summed E-state index contributed by atoms with van der Waals surface area (Å²) in [6, 6.07) is 8.57. The van der Waals surface area contributed by atoms with Gasteiger partial charge in [-0.1, -0.05) is 30.7 Å². The van der Waals surface area contributed by atoms with Gasteiger partial charge in [0.25, 0.3) is 0 Å². The predicted octanol–water partition coefficient (Wildman–Crippen LogP) is 5.57. The zero-order valence-corrected chi connectivity index (χ0v) is 15.5. The number of halogens is 2. The number of benzene rings is 1. The topological polar surface area (TPSA) is 21.3 Å². The lowest BCUT2D eigenvalue weighted by Gasteiger charge is -2.19. The van der Waals surface area contributed by atoms with Crippen LogP contribution in [0.3, 0.4) is 0 Å². The minimum atomic E-state index is 0.133. The second kappa shape index (κ2) is 7.63. The van der Waals surface area contributed by atoms with Gasteiger partial charge in [-0.3, -0.25) is 0 Å². The summed E-state index contributed by atoms with van der Waals surface area (Å²) in [5.74, 6) is 0.914. The van der Waals surface area contributed by atoms with Crippen molar-refractivity contribution in [2.75, 3.05) is 13.7 Å². The monoisotopic (exact) mass is 387 g/mol. The van der Waals surface area contributed by atoms with Gasteiger partial charge in [0, 0.05) is 9.35 Å². The number of rotatable bonds is 6. The number of aryl methyl sites for hydroxylation is 1. The first-order valence-electron chi connectivity index (χ1n) is 6.89. The van der Waals surface area contributed by atoms with E-state index < -0.39 is 0 Å². The number of ether oxygens (including phenoxy) is 1. The number of nitrogens with one attached hydrogen (secondary N) is 1. The molecule has 0 spiro atoms. The summed E-state index contributed by atoms with van der Waals surface area (Å²) in [5, 5.41) is 3.59. The summed E-state index contributed by atoms with van der Waals surface area (Å²) in [7, 11) is 1.71. The Kier molecular flexibility index (Phi) is 6.11. The molecule has 0 fully saturated rings. The van der Waals surface area contributed by atoms with Crippen LogP contribution in [0.25, 0.3) is 0 Å². The van der Waals surface area contributed by atoms with E-state index in [1.807, 2.05) is 0 Å². The van der Waals surface area contributed by atoms with E-state index in [0.717, 1.165) is 33.1 Å². The summed E-state index contributed by atoms with van der Waals surface area (Å²) >= 11 is 11.3. The number of methoxy groups -OCH3 is 1. The molecule has 1 aromatic carbocycles. The molecular formula is C16H19BrClNOS. The summed E-state index contributed by atoms with van der Waals surface area (Å²) < 4.78 is 7.18. The average Bonchev–Trinajstić information content (AvgIpc) is 2.80. The largest absolute Gasteiger partial charge is 0.496 e. The fraction of sp³-hybridized carbons (Fsp3) is 0.375. The molecule has 5 heteroatoms. The van der Waals surface area contributed by atoms with Gasteiger partial charge in [-0.25, -0.2) is 0 Å². The van der Waals surface area contributed by atoms with Crippen LogP contribution in [-0.4, -0.2) is 13.7 Å². The molecule has 1 atom stereocenters. The summed E-state index contributed by atoms with van der Waals surface area (Å²) in [6.45, 7) is 5.17. The van der Waals surface area contributed by atoms with Gasteiger partial charge in [-0.15, -0.1) is 11.3 Å². The van der Waals surface area contributed by atoms with Crippen molar-refractivity contribution in [2.24, 2.45) is 0 Å². The Morgan fingerprint density at radius 2 is 2.14 bits per heavy atom. The number of hydrogen-bond donors (Lipinski definition) is 1. The maximum Gasteiger partial charge on any atom is 0.122 e. The van der Waals surface area contributed by atoms with Crippen molar-refractivity contribution < 1.29 is 4.74 Å². The molecule has 1 heterocycles. The van der Waals surface area contributed by atoms with Crippen molar-refractivity contribution in [3.05, 3.63) is 49.1 Å². The van der Waals surface area contributed by atoms with E-state index in [4.69, 9.17) is 16.3 Å². The first-order valence-corrected chi connectivity index (χ1v) is 8.88. The quantitative estimate of drug-likeness (QED) is 0.698. The van der Waals surface area contributed by atoms with Crippen LogP contribution in [0.15, 0.2) is 28.7 Å². The minimum Gasteiger partial charge on any atom is -0.496 e. The van der Waals surface area contributed by atoms with Crippen LogP contribution in [0, 0.1) is 6.92 Å². The third-order valence-corrected chi connectivity index (χ3v) is 5.85. The molecule has 2 nitrogen and oxygen atoms in total. The zero-order chi connectivity index (χ0) is 15.4. The Balaban J connectivity index is 2.39. The molecule has 0 bridgehead atoms. The van der Waals surface area contributed by atoms with Crippen molar-refractivity contribution in [3.8, 4) is 5.75 Å². The maximum atomic E-state index is 6.20. The highest BCUT2D eigenvalue weighted by molar-refractivity contribution is 9.10. The lowest BCUT2D eigenvalue weighted by Crippen LogP contribution is -2.22. The second-order valence-corrected chi connectivity index (χ2v) is 7.43. The van der Waals surface area contributed by atoms with Crippen LogP contribution in [0.5, 0.6) is 5.75 Å². The van der Waals surface area contributed by atoms with Gasteiger partial charge in [0.05, 0.1) is 13.2 Å². The summed E-state index contributed by atoms with van der Waals surface area (Å²) in [5.41, 5.74) is 2.33. The third kappa shape index (κ3) is 4.01. The highest BCUT2D eigenvalue weighted by Gasteiger charge is 2.18. The molecule has 1 aromatic heterocycles. The number of thiophene rings is 1. The van der Waals surface area contributed by atoms with E-state index in [1.54, 1.807) is 18.4 Å². The Bertz CT molecular complexity index is 595. The van der Waals surface area contributed by atoms with Crippen molar-refractivity contribution in [1.82, 2.24) is 5.32 Å². The second-order valence-electron chi connectivity index (χ2n) is 4.89. The number of hydrogen-bond acceptors (Lipinski definition) is 3. The summed E-state index contributed by atoms with van der Waals surface area (Å²) in [4.78, 5) is 1.20. The van der Waals surface area contributed by atoms with E-state index in [9.17, 15) is 0 Å². The van der Waals surface area contributed by atoms with E-state index in [2.05, 4.69) is 59.4 Å². The van der Waals surface area contributed by atoms with Crippen LogP contribution in [0.2, 0.25) is 4.34 Å². The van der Waals surface area contributed by atoms with Crippen molar-refractivity contribution >= 4 is 38.9 Å². The first kappa shape index (κ1) is 16.8. The van der Waals surface area contributed by atoms with Crippen molar-refractivity contribution in [1.29, 1.82) is 0 Å². The minimum absolute atomic E-state index is 0.133. The van der Waals surface area contributed by atoms with Gasteiger partial charge in [-0.2, -0.15) is 0 Å². The Labute approximate surface area is 143 Å². The molecule has 1 N–H and O–H groups in total. The predicted molar refractivity (Wildman–Crippen MR) is 94.9 cm³/mol. The molecule has 0 saturated carbocycles. The molecule has 0 saturated heterocycles. The van der Waals surface area contributed by atoms with Gasteiger partial charge in [-0.05, 0) is 59.1 Å². The average molecular weight is 389 g/mol. The third-order valence-electron chi connectivity index (χ3n) is 3.31. The van der Waals surface area contributed by atoms with Gasteiger partial charge in [0.2, 0.25) is 0 Å². The molecular weight excluding hydrogens is 370 g/mol. The molecule has 2 aromatic rings. The maximum absolute atomic E-state index is 6.20. The highest BCUT2D eigenvalue weighted by atomic mass is 79.9. The zero-order valence-electron chi connectivity index (χ0n) is 12.4. The SMILES string of the molecule is CCCNC(c1ccc(C)c(OC)c1)c1cc(Br)c(Cl)s1. The van der Waals surface area contributed by atoms with E-state index >= 15 is 0 Å². The normalized spacial score (nSPS) is 12.4. The summed E-state index contributed by atoms with van der Waals surface area (Å²) in [6.07, 6.45) is 1.08. The van der Waals surface area contributed by atoms with Gasteiger partial charge < -0.3 is 10.1 Å². The lowest BCUT2D eigenvalue weighted by atomic mass is 10.0. The van der Waals surface area contributed by atoms with E-state index in [0.29, 0.717) is 0 Å². The van der Waals surface area contributed by atoms with E-state index in [1.165, 1.54) is 10.4 Å². The first-order chi connectivity index (χ1) is 10.1. The van der Waals surface area contributed by atoms with Crippen LogP contribution < -0.4 is 10.1 Å². The standard InChI is InChI=1S/C16H19BrClNOS/c1-4-7-19-15(14-9-12(17)16(18)21-14)11-6-5-10(2)13(8-11)20-3/h5-6,8-9,15,19H,4,7H2,1-3H3. The Morgan fingerprint density at radius 1 is 1.38 bits per heavy atom. The molecule has 0 aliphatic rings. The van der Waals surface area contributed by atoms with Gasteiger partial charge in [0.15, 0.2) is 0 Å². The molecule has 114 valence electrons. The molecule has 0 aliphatic heterocycles. The molecule has 0 amide bonds. The fourth-order valence-corrected chi connectivity index (χ4v) is 4.03. The van der Waals surface area contributed by atoms with Crippen molar-refractivity contribution in [2.45, 2.75) is 26.3 Å². The van der Waals surface area contributed by atoms with Crippen LogP contribution in [-0.2, 0) is 0 Å². The molecule has 0 radical (unpaired) electrons. The molecule has 0 aliphatic carbocycles.